The van der Waals surface area contributed by atoms with E-state index in [1.165, 1.54) is 0 Å². The normalized spacial score (nSPS) is 10.7. The van der Waals surface area contributed by atoms with Gasteiger partial charge in [0.1, 0.15) is 11.4 Å². The number of aromatic hydroxyl groups is 1. The molecule has 0 amide bonds. The highest BCUT2D eigenvalue weighted by molar-refractivity contribution is 6.17. The topological polar surface area (TPSA) is 59.4 Å². The standard InChI is InChI=1S/C11H12ClF2NO3/c1-2-18-9(17)3-6-7(4-12)8(16)5-15-10(6)11(13)14/h5,11,16H,2-4H2,1H3. The Hall–Kier alpha value is -1.43. The summed E-state index contributed by atoms with van der Waals surface area (Å²) in [5, 5.41) is 9.50. The predicted molar refractivity (Wildman–Crippen MR) is 60.8 cm³/mol. The minimum Gasteiger partial charge on any atom is -0.506 e. The van der Waals surface area contributed by atoms with E-state index in [0.717, 1.165) is 6.20 Å². The average molecular weight is 280 g/mol. The number of carbonyl (C=O) groups excluding carboxylic acids is 1. The van der Waals surface area contributed by atoms with Gasteiger partial charge in [0.05, 0.1) is 25.1 Å². The molecule has 0 radical (unpaired) electrons. The van der Waals surface area contributed by atoms with Crippen molar-refractivity contribution < 1.29 is 23.4 Å². The molecule has 4 nitrogen and oxygen atoms in total. The number of hydrogen-bond acceptors (Lipinski definition) is 4. The summed E-state index contributed by atoms with van der Waals surface area (Å²) >= 11 is 5.59. The summed E-state index contributed by atoms with van der Waals surface area (Å²) < 4.78 is 30.2. The quantitative estimate of drug-likeness (QED) is 0.665. The Kier molecular flexibility index (Phi) is 5.27. The van der Waals surface area contributed by atoms with Crippen LogP contribution in [-0.2, 0) is 21.8 Å². The lowest BCUT2D eigenvalue weighted by molar-refractivity contribution is -0.142. The maximum atomic E-state index is 12.8. The Balaban J connectivity index is 3.19. The van der Waals surface area contributed by atoms with Crippen LogP contribution in [0, 0.1) is 0 Å². The Morgan fingerprint density at radius 1 is 1.56 bits per heavy atom. The largest absolute Gasteiger partial charge is 0.506 e. The van der Waals surface area contributed by atoms with Crippen LogP contribution in [0.2, 0.25) is 0 Å². The Morgan fingerprint density at radius 3 is 2.72 bits per heavy atom. The highest BCUT2D eigenvalue weighted by Gasteiger charge is 2.22. The molecule has 1 aromatic rings. The van der Waals surface area contributed by atoms with Crippen molar-refractivity contribution in [2.45, 2.75) is 25.7 Å². The highest BCUT2D eigenvalue weighted by atomic mass is 35.5. The van der Waals surface area contributed by atoms with Crippen LogP contribution in [0.3, 0.4) is 0 Å². The lowest BCUT2D eigenvalue weighted by Gasteiger charge is -2.13. The van der Waals surface area contributed by atoms with Crippen molar-refractivity contribution in [2.75, 3.05) is 6.61 Å². The van der Waals surface area contributed by atoms with Crippen LogP contribution >= 0.6 is 11.6 Å². The summed E-state index contributed by atoms with van der Waals surface area (Å²) in [6, 6.07) is 0. The Morgan fingerprint density at radius 2 is 2.22 bits per heavy atom. The number of halogens is 3. The van der Waals surface area contributed by atoms with Gasteiger partial charge in [0.2, 0.25) is 0 Å². The first-order valence-electron chi connectivity index (χ1n) is 5.20. The van der Waals surface area contributed by atoms with Crippen molar-refractivity contribution in [3.05, 3.63) is 23.0 Å². The van der Waals surface area contributed by atoms with Gasteiger partial charge in [-0.25, -0.2) is 8.78 Å². The van der Waals surface area contributed by atoms with E-state index in [1.54, 1.807) is 6.92 Å². The number of pyridine rings is 1. The molecule has 0 saturated carbocycles. The third kappa shape index (κ3) is 3.29. The molecule has 0 unspecified atom stereocenters. The number of hydrogen-bond donors (Lipinski definition) is 1. The molecule has 1 rings (SSSR count). The molecule has 0 fully saturated rings. The van der Waals surface area contributed by atoms with Crippen molar-refractivity contribution in [3.63, 3.8) is 0 Å². The lowest BCUT2D eigenvalue weighted by Crippen LogP contribution is -2.12. The fraction of sp³-hybridized carbons (Fsp3) is 0.455. The summed E-state index contributed by atoms with van der Waals surface area (Å²) in [4.78, 5) is 14.8. The van der Waals surface area contributed by atoms with Crippen LogP contribution in [0.15, 0.2) is 6.20 Å². The number of esters is 1. The molecule has 0 saturated heterocycles. The summed E-state index contributed by atoms with van der Waals surface area (Å²) in [7, 11) is 0. The fourth-order valence-corrected chi connectivity index (χ4v) is 1.78. The first-order valence-corrected chi connectivity index (χ1v) is 5.74. The van der Waals surface area contributed by atoms with Gasteiger partial charge in [-0.05, 0) is 12.5 Å². The molecule has 1 heterocycles. The molecule has 0 aliphatic rings. The molecule has 1 aromatic heterocycles. The third-order valence-corrected chi connectivity index (χ3v) is 2.54. The predicted octanol–water partition coefficient (Wildman–Crippen LogP) is 2.57. The lowest BCUT2D eigenvalue weighted by atomic mass is 10.0. The molecule has 0 spiro atoms. The first kappa shape index (κ1) is 14.6. The van der Waals surface area contributed by atoms with E-state index < -0.39 is 24.5 Å². The number of alkyl halides is 3. The first-order chi connectivity index (χ1) is 8.51. The summed E-state index contributed by atoms with van der Waals surface area (Å²) in [6.07, 6.45) is -2.35. The molecule has 1 N–H and O–H groups in total. The summed E-state index contributed by atoms with van der Waals surface area (Å²) in [5.41, 5.74) is -0.551. The van der Waals surface area contributed by atoms with Gasteiger partial charge in [0.25, 0.3) is 6.43 Å². The molecular formula is C11H12ClF2NO3. The third-order valence-electron chi connectivity index (χ3n) is 2.28. The minimum absolute atomic E-state index is 0.0709. The molecule has 0 aromatic carbocycles. The number of nitrogens with zero attached hydrogens (tertiary/aromatic N) is 1. The second kappa shape index (κ2) is 6.49. The van der Waals surface area contributed by atoms with E-state index in [0.29, 0.717) is 0 Å². The minimum atomic E-state index is -2.85. The molecule has 100 valence electrons. The second-order valence-electron chi connectivity index (χ2n) is 3.40. The van der Waals surface area contributed by atoms with Gasteiger partial charge in [-0.15, -0.1) is 11.6 Å². The molecule has 0 atom stereocenters. The molecule has 0 bridgehead atoms. The number of ether oxygens (including phenoxy) is 1. The number of carbonyl (C=O) groups is 1. The molecular weight excluding hydrogens is 268 g/mol. The van der Waals surface area contributed by atoms with Crippen molar-refractivity contribution in [1.82, 2.24) is 4.98 Å². The van der Waals surface area contributed by atoms with E-state index in [-0.39, 0.29) is 29.4 Å². The number of aromatic nitrogens is 1. The zero-order chi connectivity index (χ0) is 13.7. The van der Waals surface area contributed by atoms with E-state index in [9.17, 15) is 18.7 Å². The van der Waals surface area contributed by atoms with Gasteiger partial charge in [-0.3, -0.25) is 9.78 Å². The Labute approximate surface area is 108 Å². The van der Waals surface area contributed by atoms with Crippen LogP contribution in [0.25, 0.3) is 0 Å². The van der Waals surface area contributed by atoms with Gasteiger partial charge in [0.15, 0.2) is 0 Å². The SMILES string of the molecule is CCOC(=O)Cc1c(C(F)F)ncc(O)c1CCl. The van der Waals surface area contributed by atoms with Crippen LogP contribution in [-0.4, -0.2) is 22.7 Å². The van der Waals surface area contributed by atoms with Gasteiger partial charge < -0.3 is 9.84 Å². The fourth-order valence-electron chi connectivity index (χ4n) is 1.49. The molecule has 18 heavy (non-hydrogen) atoms. The highest BCUT2D eigenvalue weighted by Crippen LogP contribution is 2.30. The van der Waals surface area contributed by atoms with Gasteiger partial charge in [-0.2, -0.15) is 0 Å². The van der Waals surface area contributed by atoms with Crippen LogP contribution in [0.4, 0.5) is 8.78 Å². The van der Waals surface area contributed by atoms with Gasteiger partial charge >= 0.3 is 5.97 Å². The molecule has 0 aliphatic heterocycles. The van der Waals surface area contributed by atoms with Crippen molar-refractivity contribution in [2.24, 2.45) is 0 Å². The van der Waals surface area contributed by atoms with Crippen LogP contribution in [0.1, 0.15) is 30.2 Å². The van der Waals surface area contributed by atoms with E-state index in [2.05, 4.69) is 9.72 Å². The average Bonchev–Trinajstić information content (AvgIpc) is 2.29. The van der Waals surface area contributed by atoms with E-state index in [1.807, 2.05) is 0 Å². The van der Waals surface area contributed by atoms with E-state index in [4.69, 9.17) is 11.6 Å². The monoisotopic (exact) mass is 279 g/mol. The Bertz CT molecular complexity index is 441. The molecule has 7 heteroatoms. The van der Waals surface area contributed by atoms with Crippen molar-refractivity contribution >= 4 is 17.6 Å². The van der Waals surface area contributed by atoms with Gasteiger partial charge in [-0.1, -0.05) is 0 Å². The van der Waals surface area contributed by atoms with Crippen molar-refractivity contribution in [1.29, 1.82) is 0 Å². The maximum Gasteiger partial charge on any atom is 0.310 e. The summed E-state index contributed by atoms with van der Waals surface area (Å²) in [5.74, 6) is -1.17. The zero-order valence-electron chi connectivity index (χ0n) is 9.62. The number of rotatable bonds is 5. The van der Waals surface area contributed by atoms with E-state index >= 15 is 0 Å². The second-order valence-corrected chi connectivity index (χ2v) is 3.67. The van der Waals surface area contributed by atoms with Crippen LogP contribution < -0.4 is 0 Å². The smallest absolute Gasteiger partial charge is 0.310 e. The summed E-state index contributed by atoms with van der Waals surface area (Å²) in [6.45, 7) is 1.75. The maximum absolute atomic E-state index is 12.8. The van der Waals surface area contributed by atoms with Crippen molar-refractivity contribution in [3.8, 4) is 5.75 Å². The molecule has 0 aliphatic carbocycles. The zero-order valence-corrected chi connectivity index (χ0v) is 10.4. The van der Waals surface area contributed by atoms with Crippen LogP contribution in [0.5, 0.6) is 5.75 Å². The van der Waals surface area contributed by atoms with Gasteiger partial charge in [0, 0.05) is 5.56 Å².